The van der Waals surface area contributed by atoms with Crippen LogP contribution in [0, 0.1) is 5.92 Å². The largest absolute Gasteiger partial charge is 0.338 e. The third kappa shape index (κ3) is 3.64. The maximum atomic E-state index is 5.25. The fraction of sp³-hybridized carbons (Fsp3) is 0.571. The molecule has 0 spiro atoms. The summed E-state index contributed by atoms with van der Waals surface area (Å²) in [6, 6.07) is 4.57. The van der Waals surface area contributed by atoms with E-state index in [0.29, 0.717) is 30.3 Å². The van der Waals surface area contributed by atoms with Gasteiger partial charge in [-0.3, -0.25) is 0 Å². The van der Waals surface area contributed by atoms with Gasteiger partial charge >= 0.3 is 0 Å². The van der Waals surface area contributed by atoms with Gasteiger partial charge < -0.3 is 9.84 Å². The van der Waals surface area contributed by atoms with E-state index in [4.69, 9.17) is 4.52 Å². The number of thiophene rings is 1. The van der Waals surface area contributed by atoms with Gasteiger partial charge in [-0.1, -0.05) is 38.9 Å². The van der Waals surface area contributed by atoms with Gasteiger partial charge in [-0.05, 0) is 17.4 Å². The Kier molecular flexibility index (Phi) is 4.71. The van der Waals surface area contributed by atoms with Gasteiger partial charge in [0.05, 0.1) is 6.54 Å². The minimum absolute atomic E-state index is 0.302. The SMILES string of the molecule is CC(C)c1noc(CN[C@H](c2cccs2)C(C)C)n1. The summed E-state index contributed by atoms with van der Waals surface area (Å²) in [6.07, 6.45) is 0. The maximum absolute atomic E-state index is 5.25. The number of hydrogen-bond donors (Lipinski definition) is 1. The van der Waals surface area contributed by atoms with Crippen LogP contribution in [-0.4, -0.2) is 10.1 Å². The first kappa shape index (κ1) is 14.2. The Hall–Kier alpha value is -1.20. The number of nitrogens with zero attached hydrogens (tertiary/aromatic N) is 2. The van der Waals surface area contributed by atoms with Crippen LogP contribution >= 0.6 is 11.3 Å². The molecule has 0 bridgehead atoms. The van der Waals surface area contributed by atoms with Gasteiger partial charge in [-0.2, -0.15) is 4.98 Å². The number of rotatable bonds is 6. The molecule has 0 aliphatic heterocycles. The lowest BCUT2D eigenvalue weighted by molar-refractivity contribution is 0.336. The highest BCUT2D eigenvalue weighted by atomic mass is 32.1. The van der Waals surface area contributed by atoms with Gasteiger partial charge in [0, 0.05) is 16.8 Å². The molecule has 0 amide bonds. The standard InChI is InChI=1S/C14H21N3OS/c1-9(2)13(11-6-5-7-19-11)15-8-12-16-14(10(3)4)17-18-12/h5-7,9-10,13,15H,8H2,1-4H3/t13-/m0/s1. The minimum atomic E-state index is 0.302. The summed E-state index contributed by atoms with van der Waals surface area (Å²) >= 11 is 1.78. The predicted octanol–water partition coefficient (Wildman–Crippen LogP) is 3.74. The number of nitrogens with one attached hydrogen (secondary N) is 1. The first-order chi connectivity index (χ1) is 9.08. The number of hydrogen-bond acceptors (Lipinski definition) is 5. The molecular weight excluding hydrogens is 258 g/mol. The zero-order valence-corrected chi connectivity index (χ0v) is 12.7. The normalized spacial score (nSPS) is 13.4. The summed E-state index contributed by atoms with van der Waals surface area (Å²) in [5.41, 5.74) is 0. The van der Waals surface area contributed by atoms with E-state index in [9.17, 15) is 0 Å². The first-order valence-electron chi connectivity index (χ1n) is 6.67. The van der Waals surface area contributed by atoms with Crippen LogP contribution in [0.3, 0.4) is 0 Å². The molecule has 2 aromatic heterocycles. The van der Waals surface area contributed by atoms with Crippen molar-refractivity contribution in [3.63, 3.8) is 0 Å². The molecule has 0 fully saturated rings. The molecule has 2 heterocycles. The smallest absolute Gasteiger partial charge is 0.240 e. The Morgan fingerprint density at radius 3 is 2.63 bits per heavy atom. The summed E-state index contributed by atoms with van der Waals surface area (Å²) in [6.45, 7) is 9.16. The second kappa shape index (κ2) is 6.30. The molecule has 1 N–H and O–H groups in total. The molecule has 0 saturated heterocycles. The van der Waals surface area contributed by atoms with Crippen LogP contribution in [0.4, 0.5) is 0 Å². The monoisotopic (exact) mass is 279 g/mol. The third-order valence-corrected chi connectivity index (χ3v) is 3.95. The quantitative estimate of drug-likeness (QED) is 0.875. The van der Waals surface area contributed by atoms with Crippen molar-refractivity contribution in [2.75, 3.05) is 0 Å². The molecular formula is C14H21N3OS. The Balaban J connectivity index is 1.99. The molecule has 0 unspecified atom stereocenters. The van der Waals surface area contributed by atoms with Gasteiger partial charge in [0.2, 0.25) is 5.89 Å². The highest BCUT2D eigenvalue weighted by Gasteiger charge is 2.18. The van der Waals surface area contributed by atoms with E-state index in [1.165, 1.54) is 4.88 Å². The molecule has 5 heteroatoms. The fourth-order valence-electron chi connectivity index (χ4n) is 1.90. The zero-order chi connectivity index (χ0) is 13.8. The third-order valence-electron chi connectivity index (χ3n) is 2.99. The van der Waals surface area contributed by atoms with Crippen LogP contribution in [0.2, 0.25) is 0 Å². The lowest BCUT2D eigenvalue weighted by Gasteiger charge is -2.20. The molecule has 0 aliphatic carbocycles. The molecule has 2 aromatic rings. The molecule has 0 aromatic carbocycles. The summed E-state index contributed by atoms with van der Waals surface area (Å²) in [7, 11) is 0. The van der Waals surface area contributed by atoms with Gasteiger partial charge in [0.1, 0.15) is 0 Å². The van der Waals surface area contributed by atoms with Crippen molar-refractivity contribution in [2.45, 2.75) is 46.2 Å². The van der Waals surface area contributed by atoms with Crippen molar-refractivity contribution in [2.24, 2.45) is 5.92 Å². The maximum Gasteiger partial charge on any atom is 0.240 e. The van der Waals surface area contributed by atoms with Gasteiger partial charge in [0.25, 0.3) is 0 Å². The van der Waals surface area contributed by atoms with E-state index in [1.54, 1.807) is 11.3 Å². The van der Waals surface area contributed by atoms with Gasteiger partial charge in [-0.25, -0.2) is 0 Å². The Labute approximate surface area is 118 Å². The predicted molar refractivity (Wildman–Crippen MR) is 77.1 cm³/mol. The van der Waals surface area contributed by atoms with Crippen molar-refractivity contribution in [3.8, 4) is 0 Å². The topological polar surface area (TPSA) is 51.0 Å². The van der Waals surface area contributed by atoms with Crippen LogP contribution in [0.1, 0.15) is 56.2 Å². The molecule has 1 atom stereocenters. The van der Waals surface area contributed by atoms with Gasteiger partial charge in [0.15, 0.2) is 5.82 Å². The van der Waals surface area contributed by atoms with Crippen LogP contribution in [0.5, 0.6) is 0 Å². The fourth-order valence-corrected chi connectivity index (χ4v) is 2.88. The van der Waals surface area contributed by atoms with Crippen molar-refractivity contribution >= 4 is 11.3 Å². The average Bonchev–Trinajstić information content (AvgIpc) is 2.98. The Bertz CT molecular complexity index is 491. The highest BCUT2D eigenvalue weighted by Crippen LogP contribution is 2.26. The number of aromatic nitrogens is 2. The molecule has 104 valence electrons. The van der Waals surface area contributed by atoms with Crippen molar-refractivity contribution in [1.82, 2.24) is 15.5 Å². The van der Waals surface area contributed by atoms with E-state index in [1.807, 2.05) is 0 Å². The van der Waals surface area contributed by atoms with Crippen LogP contribution < -0.4 is 5.32 Å². The van der Waals surface area contributed by atoms with E-state index in [2.05, 4.69) is 60.7 Å². The molecule has 0 aliphatic rings. The second-order valence-electron chi connectivity index (χ2n) is 5.32. The Morgan fingerprint density at radius 2 is 2.11 bits per heavy atom. The van der Waals surface area contributed by atoms with Crippen LogP contribution in [-0.2, 0) is 6.54 Å². The van der Waals surface area contributed by atoms with E-state index < -0.39 is 0 Å². The van der Waals surface area contributed by atoms with Crippen molar-refractivity contribution in [3.05, 3.63) is 34.1 Å². The lowest BCUT2D eigenvalue weighted by Crippen LogP contribution is -2.24. The molecule has 0 saturated carbocycles. The van der Waals surface area contributed by atoms with E-state index >= 15 is 0 Å². The summed E-state index contributed by atoms with van der Waals surface area (Å²) in [5.74, 6) is 2.25. The molecule has 4 nitrogen and oxygen atoms in total. The average molecular weight is 279 g/mol. The molecule has 19 heavy (non-hydrogen) atoms. The summed E-state index contributed by atoms with van der Waals surface area (Å²) in [4.78, 5) is 5.73. The lowest BCUT2D eigenvalue weighted by atomic mass is 10.0. The van der Waals surface area contributed by atoms with Crippen LogP contribution in [0.15, 0.2) is 22.0 Å². The summed E-state index contributed by atoms with van der Waals surface area (Å²) in [5, 5.41) is 9.59. The van der Waals surface area contributed by atoms with E-state index in [0.717, 1.165) is 5.82 Å². The molecule has 2 rings (SSSR count). The molecule has 0 radical (unpaired) electrons. The first-order valence-corrected chi connectivity index (χ1v) is 7.55. The highest BCUT2D eigenvalue weighted by molar-refractivity contribution is 7.10. The minimum Gasteiger partial charge on any atom is -0.338 e. The summed E-state index contributed by atoms with van der Waals surface area (Å²) < 4.78 is 5.25. The van der Waals surface area contributed by atoms with Crippen molar-refractivity contribution < 1.29 is 4.52 Å². The Morgan fingerprint density at radius 1 is 1.32 bits per heavy atom. The van der Waals surface area contributed by atoms with Crippen molar-refractivity contribution in [1.29, 1.82) is 0 Å². The van der Waals surface area contributed by atoms with Crippen LogP contribution in [0.25, 0.3) is 0 Å². The second-order valence-corrected chi connectivity index (χ2v) is 6.30. The zero-order valence-electron chi connectivity index (χ0n) is 11.9. The van der Waals surface area contributed by atoms with E-state index in [-0.39, 0.29) is 0 Å². The van der Waals surface area contributed by atoms with Gasteiger partial charge in [-0.15, -0.1) is 11.3 Å².